The molecule has 3 rings (SSSR count). The Morgan fingerprint density at radius 3 is 2.78 bits per heavy atom. The number of anilines is 1. The van der Waals surface area contributed by atoms with Crippen LogP contribution >= 0.6 is 0 Å². The molecule has 0 aliphatic heterocycles. The summed E-state index contributed by atoms with van der Waals surface area (Å²) in [6.45, 7) is 0. The Morgan fingerprint density at radius 1 is 1.28 bits per heavy atom. The lowest BCUT2D eigenvalue weighted by Gasteiger charge is -2.35. The largest absolute Gasteiger partial charge is 0.382 e. The van der Waals surface area contributed by atoms with Gasteiger partial charge in [0, 0.05) is 18.8 Å². The third kappa shape index (κ3) is 2.22. The van der Waals surface area contributed by atoms with Crippen LogP contribution in [0.15, 0.2) is 36.9 Å². The van der Waals surface area contributed by atoms with Gasteiger partial charge in [0.2, 0.25) is 0 Å². The number of aromatic nitrogens is 3. The molecule has 0 spiro atoms. The average molecular weight is 244 g/mol. The minimum Gasteiger partial charge on any atom is -0.382 e. The van der Waals surface area contributed by atoms with E-state index in [1.54, 1.807) is 19.8 Å². The van der Waals surface area contributed by atoms with E-state index in [0.717, 1.165) is 24.2 Å². The van der Waals surface area contributed by atoms with Crippen molar-refractivity contribution in [3.05, 3.63) is 36.9 Å². The van der Waals surface area contributed by atoms with Crippen molar-refractivity contribution in [2.75, 3.05) is 12.4 Å². The molecule has 18 heavy (non-hydrogen) atoms. The summed E-state index contributed by atoms with van der Waals surface area (Å²) in [6, 6.07) is 8.76. The quantitative estimate of drug-likeness (QED) is 0.892. The van der Waals surface area contributed by atoms with Gasteiger partial charge < -0.3 is 10.1 Å². The fraction of sp³-hybridized carbons (Fsp3) is 0.385. The van der Waals surface area contributed by atoms with Crippen LogP contribution in [0.1, 0.15) is 12.8 Å². The minimum atomic E-state index is 0.420. The van der Waals surface area contributed by atoms with Crippen LogP contribution in [0.4, 0.5) is 5.69 Å². The highest BCUT2D eigenvalue weighted by Crippen LogP contribution is 2.26. The number of hydrogen-bond donors (Lipinski definition) is 1. The van der Waals surface area contributed by atoms with Crippen LogP contribution in [-0.2, 0) is 4.74 Å². The summed E-state index contributed by atoms with van der Waals surface area (Å²) in [5.41, 5.74) is 2.19. The summed E-state index contributed by atoms with van der Waals surface area (Å²) in [5.74, 6) is 0. The zero-order chi connectivity index (χ0) is 12.4. The van der Waals surface area contributed by atoms with E-state index in [-0.39, 0.29) is 0 Å². The molecule has 0 saturated heterocycles. The van der Waals surface area contributed by atoms with Crippen LogP contribution in [0.2, 0.25) is 0 Å². The van der Waals surface area contributed by atoms with Crippen molar-refractivity contribution in [3.8, 4) is 5.69 Å². The van der Waals surface area contributed by atoms with Crippen LogP contribution in [0.25, 0.3) is 5.69 Å². The van der Waals surface area contributed by atoms with Gasteiger partial charge in [-0.25, -0.2) is 0 Å². The second-order valence-electron chi connectivity index (χ2n) is 4.59. The van der Waals surface area contributed by atoms with Crippen molar-refractivity contribution < 1.29 is 4.74 Å². The SMILES string of the molecule is COC1CC(Nc2cccc(-n3cnnc3)c2)C1. The molecule has 1 aliphatic rings. The molecule has 1 aromatic carbocycles. The van der Waals surface area contributed by atoms with Gasteiger partial charge in [0.05, 0.1) is 11.8 Å². The summed E-state index contributed by atoms with van der Waals surface area (Å²) in [6.07, 6.45) is 5.97. The first kappa shape index (κ1) is 11.2. The molecule has 1 aromatic heterocycles. The highest BCUT2D eigenvalue weighted by atomic mass is 16.5. The predicted octanol–water partition coefficient (Wildman–Crippen LogP) is 1.86. The summed E-state index contributed by atoms with van der Waals surface area (Å²) >= 11 is 0. The van der Waals surface area contributed by atoms with Gasteiger partial charge in [-0.15, -0.1) is 10.2 Å². The van der Waals surface area contributed by atoms with Crippen molar-refractivity contribution in [2.45, 2.75) is 25.0 Å². The number of hydrogen-bond acceptors (Lipinski definition) is 4. The van der Waals surface area contributed by atoms with Crippen LogP contribution in [-0.4, -0.2) is 34.0 Å². The molecule has 5 nitrogen and oxygen atoms in total. The molecule has 0 radical (unpaired) electrons. The predicted molar refractivity (Wildman–Crippen MR) is 68.8 cm³/mol. The van der Waals surface area contributed by atoms with Crippen molar-refractivity contribution in [1.82, 2.24) is 14.8 Å². The monoisotopic (exact) mass is 244 g/mol. The topological polar surface area (TPSA) is 52.0 Å². The van der Waals surface area contributed by atoms with Crippen LogP contribution in [0.3, 0.4) is 0 Å². The Morgan fingerprint density at radius 2 is 2.06 bits per heavy atom. The molecule has 1 fully saturated rings. The van der Waals surface area contributed by atoms with Gasteiger partial charge in [0.15, 0.2) is 0 Å². The Bertz CT molecular complexity index is 505. The zero-order valence-corrected chi connectivity index (χ0v) is 10.3. The minimum absolute atomic E-state index is 0.420. The lowest BCUT2D eigenvalue weighted by Crippen LogP contribution is -2.40. The molecule has 0 bridgehead atoms. The van der Waals surface area contributed by atoms with E-state index in [1.165, 1.54) is 0 Å². The smallest absolute Gasteiger partial charge is 0.123 e. The third-order valence-electron chi connectivity index (χ3n) is 3.36. The molecule has 0 amide bonds. The number of nitrogens with zero attached hydrogens (tertiary/aromatic N) is 3. The second-order valence-corrected chi connectivity index (χ2v) is 4.59. The number of benzene rings is 1. The Kier molecular flexibility index (Phi) is 2.98. The number of nitrogens with one attached hydrogen (secondary N) is 1. The van der Waals surface area contributed by atoms with Gasteiger partial charge in [-0.1, -0.05) is 6.07 Å². The van der Waals surface area contributed by atoms with E-state index >= 15 is 0 Å². The Balaban J connectivity index is 1.68. The fourth-order valence-corrected chi connectivity index (χ4v) is 2.20. The highest BCUT2D eigenvalue weighted by Gasteiger charge is 2.28. The van der Waals surface area contributed by atoms with E-state index < -0.39 is 0 Å². The van der Waals surface area contributed by atoms with Crippen molar-refractivity contribution in [2.24, 2.45) is 0 Å². The van der Waals surface area contributed by atoms with Gasteiger partial charge in [0.1, 0.15) is 12.7 Å². The van der Waals surface area contributed by atoms with E-state index in [2.05, 4.69) is 27.6 Å². The Hall–Kier alpha value is -1.88. The maximum absolute atomic E-state index is 5.28. The standard InChI is InChI=1S/C13H16N4O/c1-18-13-6-11(7-13)16-10-3-2-4-12(5-10)17-8-14-15-9-17/h2-5,8-9,11,13,16H,6-7H2,1H3. The molecule has 0 unspecified atom stereocenters. The van der Waals surface area contributed by atoms with Crippen LogP contribution in [0.5, 0.6) is 0 Å². The molecule has 0 atom stereocenters. The van der Waals surface area contributed by atoms with Crippen LogP contribution < -0.4 is 5.32 Å². The van der Waals surface area contributed by atoms with Crippen molar-refractivity contribution >= 4 is 5.69 Å². The molecule has 5 heteroatoms. The molecule has 2 aromatic rings. The fourth-order valence-electron chi connectivity index (χ4n) is 2.20. The molecular weight excluding hydrogens is 228 g/mol. The van der Waals surface area contributed by atoms with Gasteiger partial charge >= 0.3 is 0 Å². The molecule has 1 N–H and O–H groups in total. The third-order valence-corrected chi connectivity index (χ3v) is 3.36. The molecule has 94 valence electrons. The second kappa shape index (κ2) is 4.78. The van der Waals surface area contributed by atoms with Crippen LogP contribution in [0, 0.1) is 0 Å². The van der Waals surface area contributed by atoms with E-state index in [9.17, 15) is 0 Å². The van der Waals surface area contributed by atoms with E-state index in [0.29, 0.717) is 12.1 Å². The van der Waals surface area contributed by atoms with E-state index in [1.807, 2.05) is 16.7 Å². The molecular formula is C13H16N4O. The number of rotatable bonds is 4. The first-order valence-corrected chi connectivity index (χ1v) is 6.09. The average Bonchev–Trinajstić information content (AvgIpc) is 2.87. The summed E-state index contributed by atoms with van der Waals surface area (Å²) in [7, 11) is 1.77. The number of methoxy groups -OCH3 is 1. The van der Waals surface area contributed by atoms with Crippen molar-refractivity contribution in [1.29, 1.82) is 0 Å². The Labute approximate surface area is 106 Å². The van der Waals surface area contributed by atoms with Gasteiger partial charge in [-0.3, -0.25) is 4.57 Å². The first-order valence-electron chi connectivity index (χ1n) is 6.09. The summed E-state index contributed by atoms with van der Waals surface area (Å²) < 4.78 is 7.17. The molecule has 1 saturated carbocycles. The molecule has 1 aliphatic carbocycles. The van der Waals surface area contributed by atoms with Gasteiger partial charge in [-0.05, 0) is 31.0 Å². The lowest BCUT2D eigenvalue weighted by molar-refractivity contribution is 0.0329. The summed E-state index contributed by atoms with van der Waals surface area (Å²) in [5, 5.41) is 11.1. The van der Waals surface area contributed by atoms with Crippen molar-refractivity contribution in [3.63, 3.8) is 0 Å². The van der Waals surface area contributed by atoms with Gasteiger partial charge in [0.25, 0.3) is 0 Å². The number of ether oxygens (including phenoxy) is 1. The highest BCUT2D eigenvalue weighted by molar-refractivity contribution is 5.51. The zero-order valence-electron chi connectivity index (χ0n) is 10.3. The molecule has 1 heterocycles. The summed E-state index contributed by atoms with van der Waals surface area (Å²) in [4.78, 5) is 0. The van der Waals surface area contributed by atoms with Gasteiger partial charge in [-0.2, -0.15) is 0 Å². The maximum Gasteiger partial charge on any atom is 0.123 e. The lowest BCUT2D eigenvalue weighted by atomic mass is 9.89. The first-order chi connectivity index (χ1) is 8.85. The normalized spacial score (nSPS) is 22.5. The van der Waals surface area contributed by atoms with E-state index in [4.69, 9.17) is 4.74 Å². The maximum atomic E-state index is 5.28.